The van der Waals surface area contributed by atoms with E-state index in [2.05, 4.69) is 15.2 Å². The van der Waals surface area contributed by atoms with E-state index in [1.165, 1.54) is 24.2 Å². The van der Waals surface area contributed by atoms with Crippen LogP contribution in [0.3, 0.4) is 0 Å². The molecule has 0 aromatic carbocycles. The molecule has 0 aliphatic carbocycles. The largest absolute Gasteiger partial charge is 0.369 e. The lowest BCUT2D eigenvalue weighted by Crippen LogP contribution is -2.57. The van der Waals surface area contributed by atoms with Crippen molar-refractivity contribution in [1.82, 2.24) is 15.2 Å². The van der Waals surface area contributed by atoms with Crippen LogP contribution in [-0.2, 0) is 4.79 Å². The highest BCUT2D eigenvalue weighted by Gasteiger charge is 2.35. The van der Waals surface area contributed by atoms with Crippen molar-refractivity contribution in [1.29, 1.82) is 0 Å². The number of carbonyl (C=O) groups excluding carboxylic acids is 1. The van der Waals surface area contributed by atoms with Gasteiger partial charge in [-0.2, -0.15) is 0 Å². The van der Waals surface area contributed by atoms with E-state index in [-0.39, 0.29) is 11.9 Å². The Morgan fingerprint density at radius 1 is 1.42 bits per heavy atom. The van der Waals surface area contributed by atoms with Gasteiger partial charge in [-0.25, -0.2) is 4.98 Å². The Labute approximate surface area is 145 Å². The molecule has 2 atom stereocenters. The lowest BCUT2D eigenvalue weighted by molar-refractivity contribution is -0.119. The first kappa shape index (κ1) is 15.8. The Morgan fingerprint density at radius 3 is 2.83 bits per heavy atom. The standard InChI is InChI=1S/C17H22N4O2S/c1-11-8-18-17(24-11)21-9-13(2-3-15(21)22)16(23)19-14-10-20-6-4-12(14)5-7-20/h2-3,8-9,12,14-15,22H,4-7,10H2,1H3,(H,19,23). The molecule has 3 saturated heterocycles. The van der Waals surface area contributed by atoms with Crippen LogP contribution >= 0.6 is 11.3 Å². The summed E-state index contributed by atoms with van der Waals surface area (Å²) in [6.07, 6.45) is 8.34. The summed E-state index contributed by atoms with van der Waals surface area (Å²) in [6.45, 7) is 5.23. The van der Waals surface area contributed by atoms with Crippen LogP contribution in [0.25, 0.3) is 0 Å². The predicted octanol–water partition coefficient (Wildman–Crippen LogP) is 1.24. The maximum Gasteiger partial charge on any atom is 0.253 e. The molecule has 1 amide bonds. The van der Waals surface area contributed by atoms with Crippen molar-refractivity contribution < 1.29 is 9.90 Å². The number of aliphatic hydroxyl groups is 1. The lowest BCUT2D eigenvalue weighted by atomic mass is 9.84. The molecule has 24 heavy (non-hydrogen) atoms. The van der Waals surface area contributed by atoms with Crippen molar-refractivity contribution in [2.75, 3.05) is 24.5 Å². The molecule has 2 bridgehead atoms. The van der Waals surface area contributed by atoms with Crippen molar-refractivity contribution in [3.8, 4) is 0 Å². The SMILES string of the molecule is Cc1cnc(N2C=C(C(=O)NC3CN4CCC3CC4)C=CC2O)s1. The summed E-state index contributed by atoms with van der Waals surface area (Å²) >= 11 is 1.50. The maximum atomic E-state index is 12.7. The summed E-state index contributed by atoms with van der Waals surface area (Å²) < 4.78 is 0. The van der Waals surface area contributed by atoms with Crippen molar-refractivity contribution in [2.24, 2.45) is 5.92 Å². The highest BCUT2D eigenvalue weighted by molar-refractivity contribution is 7.15. The third-order valence-electron chi connectivity index (χ3n) is 5.08. The van der Waals surface area contributed by atoms with Gasteiger partial charge in [0.1, 0.15) is 0 Å². The fraction of sp³-hybridized carbons (Fsp3) is 0.529. The van der Waals surface area contributed by atoms with E-state index >= 15 is 0 Å². The van der Waals surface area contributed by atoms with Crippen molar-refractivity contribution >= 4 is 22.4 Å². The molecule has 0 spiro atoms. The second-order valence-electron chi connectivity index (χ2n) is 6.74. The number of anilines is 1. The molecule has 2 unspecified atom stereocenters. The Balaban J connectivity index is 1.48. The number of amides is 1. The summed E-state index contributed by atoms with van der Waals surface area (Å²) in [5, 5.41) is 14.0. The van der Waals surface area contributed by atoms with Gasteiger partial charge < -0.3 is 15.3 Å². The topological polar surface area (TPSA) is 68.7 Å². The van der Waals surface area contributed by atoms with Crippen LogP contribution in [0.5, 0.6) is 0 Å². The molecule has 2 N–H and O–H groups in total. The monoisotopic (exact) mass is 346 g/mol. The number of aromatic nitrogens is 1. The number of nitrogens with zero attached hydrogens (tertiary/aromatic N) is 3. The van der Waals surface area contributed by atoms with Crippen LogP contribution in [0.4, 0.5) is 5.13 Å². The number of aliphatic hydroxyl groups excluding tert-OH is 1. The van der Waals surface area contributed by atoms with Crippen LogP contribution in [0.15, 0.2) is 30.1 Å². The van der Waals surface area contributed by atoms with E-state index in [0.717, 1.165) is 24.5 Å². The molecule has 1 aromatic heterocycles. The first-order valence-electron chi connectivity index (χ1n) is 8.42. The fourth-order valence-corrected chi connectivity index (χ4v) is 4.46. The molecule has 4 aliphatic rings. The van der Waals surface area contributed by atoms with Crippen LogP contribution in [-0.4, -0.2) is 52.8 Å². The van der Waals surface area contributed by atoms with Crippen molar-refractivity contribution in [3.05, 3.63) is 35.0 Å². The van der Waals surface area contributed by atoms with E-state index < -0.39 is 6.23 Å². The summed E-state index contributed by atoms with van der Waals surface area (Å²) in [6, 6.07) is 0.233. The van der Waals surface area contributed by atoms with Crippen LogP contribution < -0.4 is 10.2 Å². The minimum atomic E-state index is -0.788. The number of thiazole rings is 1. The minimum Gasteiger partial charge on any atom is -0.369 e. The molecule has 3 fully saturated rings. The van der Waals surface area contributed by atoms with Gasteiger partial charge in [-0.3, -0.25) is 9.69 Å². The number of rotatable bonds is 3. The van der Waals surface area contributed by atoms with E-state index in [4.69, 9.17) is 0 Å². The number of hydrogen-bond acceptors (Lipinski definition) is 6. The maximum absolute atomic E-state index is 12.7. The van der Waals surface area contributed by atoms with Crippen molar-refractivity contribution in [3.63, 3.8) is 0 Å². The second kappa shape index (κ2) is 6.31. The summed E-state index contributed by atoms with van der Waals surface area (Å²) in [7, 11) is 0. The fourth-order valence-electron chi connectivity index (χ4n) is 3.70. The van der Waals surface area contributed by atoms with E-state index in [0.29, 0.717) is 16.6 Å². The van der Waals surface area contributed by atoms with Gasteiger partial charge in [-0.1, -0.05) is 0 Å². The minimum absolute atomic E-state index is 0.0739. The molecular formula is C17H22N4O2S. The molecular weight excluding hydrogens is 324 g/mol. The van der Waals surface area contributed by atoms with Crippen LogP contribution in [0, 0.1) is 12.8 Å². The Bertz CT molecular complexity index is 691. The second-order valence-corrected chi connectivity index (χ2v) is 7.95. The van der Waals surface area contributed by atoms with Gasteiger partial charge >= 0.3 is 0 Å². The van der Waals surface area contributed by atoms with E-state index in [9.17, 15) is 9.90 Å². The molecule has 0 saturated carbocycles. The van der Waals surface area contributed by atoms with E-state index in [1.807, 2.05) is 6.92 Å². The molecule has 5 rings (SSSR count). The molecule has 128 valence electrons. The predicted molar refractivity (Wildman–Crippen MR) is 93.7 cm³/mol. The highest BCUT2D eigenvalue weighted by atomic mass is 32.1. The van der Waals surface area contributed by atoms with Gasteiger partial charge in [0, 0.05) is 29.9 Å². The third-order valence-corrected chi connectivity index (χ3v) is 6.00. The number of aryl methyl sites for hydroxylation is 1. The van der Waals surface area contributed by atoms with Gasteiger partial charge in [-0.15, -0.1) is 11.3 Å². The van der Waals surface area contributed by atoms with Gasteiger partial charge in [0.15, 0.2) is 11.4 Å². The zero-order valence-electron chi connectivity index (χ0n) is 13.7. The Kier molecular flexibility index (Phi) is 4.15. The zero-order valence-corrected chi connectivity index (χ0v) is 14.5. The summed E-state index contributed by atoms with van der Waals surface area (Å²) in [4.78, 5) is 22.1. The Hall–Kier alpha value is -1.70. The smallest absolute Gasteiger partial charge is 0.253 e. The third kappa shape index (κ3) is 2.99. The lowest BCUT2D eigenvalue weighted by Gasteiger charge is -2.45. The molecule has 7 heteroatoms. The first-order chi connectivity index (χ1) is 11.6. The number of hydrogen-bond donors (Lipinski definition) is 2. The number of fused-ring (bicyclic) bond motifs is 3. The normalized spacial score (nSPS) is 31.9. The van der Waals surface area contributed by atoms with E-state index in [1.54, 1.807) is 29.4 Å². The zero-order chi connectivity index (χ0) is 16.7. The quantitative estimate of drug-likeness (QED) is 0.862. The molecule has 6 nitrogen and oxygen atoms in total. The first-order valence-corrected chi connectivity index (χ1v) is 9.24. The van der Waals surface area contributed by atoms with Gasteiger partial charge in [0.2, 0.25) is 0 Å². The van der Waals surface area contributed by atoms with Gasteiger partial charge in [0.25, 0.3) is 5.91 Å². The summed E-state index contributed by atoms with van der Waals surface area (Å²) in [5.74, 6) is 0.519. The molecule has 5 heterocycles. The number of nitrogens with one attached hydrogen (secondary N) is 1. The number of piperidine rings is 3. The van der Waals surface area contributed by atoms with Crippen LogP contribution in [0.2, 0.25) is 0 Å². The molecule has 1 aromatic rings. The summed E-state index contributed by atoms with van der Waals surface area (Å²) in [5.41, 5.74) is 0.560. The van der Waals surface area contributed by atoms with Gasteiger partial charge in [-0.05, 0) is 50.9 Å². The average molecular weight is 346 g/mol. The average Bonchev–Trinajstić information content (AvgIpc) is 3.02. The molecule has 0 radical (unpaired) electrons. The van der Waals surface area contributed by atoms with Crippen molar-refractivity contribution in [2.45, 2.75) is 32.0 Å². The number of carbonyl (C=O) groups is 1. The van der Waals surface area contributed by atoms with Crippen LogP contribution in [0.1, 0.15) is 17.7 Å². The molecule has 4 aliphatic heterocycles. The van der Waals surface area contributed by atoms with Gasteiger partial charge in [0.05, 0.1) is 5.57 Å². The Morgan fingerprint density at radius 2 is 2.21 bits per heavy atom. The highest BCUT2D eigenvalue weighted by Crippen LogP contribution is 2.29.